The number of fused-ring (bicyclic) bond motifs is 1. The Hall–Kier alpha value is -1.84. The van der Waals surface area contributed by atoms with Gasteiger partial charge in [0, 0.05) is 12.4 Å². The SMILES string of the molecule is COC(=O)c1ccc2ncccn12. The van der Waals surface area contributed by atoms with Crippen LogP contribution in [0.1, 0.15) is 10.5 Å². The molecule has 0 radical (unpaired) electrons. The van der Waals surface area contributed by atoms with Gasteiger partial charge in [0.05, 0.1) is 7.11 Å². The van der Waals surface area contributed by atoms with Crippen LogP contribution in [-0.4, -0.2) is 22.5 Å². The summed E-state index contributed by atoms with van der Waals surface area (Å²) in [6.45, 7) is 0. The van der Waals surface area contributed by atoms with Crippen LogP contribution in [0.5, 0.6) is 0 Å². The maximum atomic E-state index is 11.2. The highest BCUT2D eigenvalue weighted by molar-refractivity contribution is 5.88. The van der Waals surface area contributed by atoms with Crippen LogP contribution in [-0.2, 0) is 4.74 Å². The van der Waals surface area contributed by atoms with Crippen molar-refractivity contribution in [2.24, 2.45) is 0 Å². The Bertz CT molecular complexity index is 448. The molecule has 0 saturated carbocycles. The fourth-order valence-corrected chi connectivity index (χ4v) is 1.21. The van der Waals surface area contributed by atoms with Gasteiger partial charge in [-0.3, -0.25) is 4.40 Å². The van der Waals surface area contributed by atoms with E-state index in [1.165, 1.54) is 7.11 Å². The lowest BCUT2D eigenvalue weighted by molar-refractivity contribution is 0.0593. The molecule has 2 rings (SSSR count). The van der Waals surface area contributed by atoms with Crippen LogP contribution in [0.3, 0.4) is 0 Å². The second-order valence-electron chi connectivity index (χ2n) is 2.56. The molecule has 0 aliphatic rings. The van der Waals surface area contributed by atoms with Gasteiger partial charge < -0.3 is 4.74 Å². The molecule has 13 heavy (non-hydrogen) atoms. The normalized spacial score (nSPS) is 10.2. The van der Waals surface area contributed by atoms with Gasteiger partial charge in [-0.15, -0.1) is 0 Å². The van der Waals surface area contributed by atoms with Gasteiger partial charge in [0.1, 0.15) is 11.3 Å². The highest BCUT2D eigenvalue weighted by Crippen LogP contribution is 2.07. The Morgan fingerprint density at radius 1 is 1.54 bits per heavy atom. The summed E-state index contributed by atoms with van der Waals surface area (Å²) in [6, 6.07) is 5.22. The van der Waals surface area contributed by atoms with Crippen LogP contribution in [0.4, 0.5) is 0 Å². The first-order valence-corrected chi connectivity index (χ1v) is 3.83. The predicted octanol–water partition coefficient (Wildman–Crippen LogP) is 1.12. The molecule has 0 N–H and O–H groups in total. The number of carbonyl (C=O) groups excluding carboxylic acids is 1. The van der Waals surface area contributed by atoms with E-state index < -0.39 is 0 Å². The average molecular weight is 176 g/mol. The first-order valence-electron chi connectivity index (χ1n) is 3.83. The van der Waals surface area contributed by atoms with Crippen LogP contribution >= 0.6 is 0 Å². The van der Waals surface area contributed by atoms with E-state index in [1.54, 1.807) is 35.0 Å². The molecule has 66 valence electrons. The quantitative estimate of drug-likeness (QED) is 0.611. The molecule has 2 heterocycles. The molecule has 2 aromatic heterocycles. The van der Waals surface area contributed by atoms with E-state index in [9.17, 15) is 4.79 Å². The van der Waals surface area contributed by atoms with Gasteiger partial charge in [0.2, 0.25) is 0 Å². The van der Waals surface area contributed by atoms with E-state index >= 15 is 0 Å². The van der Waals surface area contributed by atoms with Crippen LogP contribution in [0.2, 0.25) is 0 Å². The zero-order valence-electron chi connectivity index (χ0n) is 7.10. The second-order valence-corrected chi connectivity index (χ2v) is 2.56. The molecule has 2 aromatic rings. The van der Waals surface area contributed by atoms with E-state index in [1.807, 2.05) is 0 Å². The van der Waals surface area contributed by atoms with Crippen molar-refractivity contribution in [1.29, 1.82) is 0 Å². The lowest BCUT2D eigenvalue weighted by Crippen LogP contribution is -2.04. The third kappa shape index (κ3) is 1.16. The van der Waals surface area contributed by atoms with Gasteiger partial charge in [0.25, 0.3) is 0 Å². The maximum absolute atomic E-state index is 11.2. The highest BCUT2D eigenvalue weighted by Gasteiger charge is 2.09. The van der Waals surface area contributed by atoms with Gasteiger partial charge in [-0.2, -0.15) is 0 Å². The third-order valence-corrected chi connectivity index (χ3v) is 1.82. The van der Waals surface area contributed by atoms with E-state index in [0.717, 1.165) is 5.65 Å². The number of aromatic nitrogens is 2. The van der Waals surface area contributed by atoms with Crippen molar-refractivity contribution in [2.75, 3.05) is 7.11 Å². The summed E-state index contributed by atoms with van der Waals surface area (Å²) in [7, 11) is 1.36. The zero-order valence-corrected chi connectivity index (χ0v) is 7.10. The lowest BCUT2D eigenvalue weighted by atomic mass is 10.4. The van der Waals surface area contributed by atoms with Gasteiger partial charge in [-0.1, -0.05) is 0 Å². The maximum Gasteiger partial charge on any atom is 0.355 e. The Morgan fingerprint density at radius 3 is 3.15 bits per heavy atom. The number of esters is 1. The second kappa shape index (κ2) is 2.90. The summed E-state index contributed by atoms with van der Waals surface area (Å²) in [4.78, 5) is 15.3. The van der Waals surface area contributed by atoms with E-state index in [4.69, 9.17) is 0 Å². The van der Waals surface area contributed by atoms with E-state index in [-0.39, 0.29) is 5.97 Å². The fraction of sp³-hybridized carbons (Fsp3) is 0.111. The van der Waals surface area contributed by atoms with Crippen molar-refractivity contribution in [3.63, 3.8) is 0 Å². The zero-order chi connectivity index (χ0) is 9.26. The molecular weight excluding hydrogens is 168 g/mol. The minimum Gasteiger partial charge on any atom is -0.464 e. The van der Waals surface area contributed by atoms with E-state index in [2.05, 4.69) is 9.72 Å². The van der Waals surface area contributed by atoms with Crippen molar-refractivity contribution in [3.05, 3.63) is 36.3 Å². The lowest BCUT2D eigenvalue weighted by Gasteiger charge is -1.98. The van der Waals surface area contributed by atoms with Crippen LogP contribution in [0.25, 0.3) is 5.65 Å². The Kier molecular flexibility index (Phi) is 1.73. The average Bonchev–Trinajstić information content (AvgIpc) is 2.60. The smallest absolute Gasteiger partial charge is 0.355 e. The molecule has 0 aliphatic heterocycles. The van der Waals surface area contributed by atoms with Crippen LogP contribution < -0.4 is 0 Å². The monoisotopic (exact) mass is 176 g/mol. The molecule has 0 fully saturated rings. The molecule has 0 bridgehead atoms. The molecule has 4 heteroatoms. The van der Waals surface area contributed by atoms with Gasteiger partial charge in [-0.25, -0.2) is 9.78 Å². The molecule has 0 aliphatic carbocycles. The predicted molar refractivity (Wildman–Crippen MR) is 46.5 cm³/mol. The molecule has 0 spiro atoms. The summed E-state index contributed by atoms with van der Waals surface area (Å²) < 4.78 is 6.30. The van der Waals surface area contributed by atoms with Crippen molar-refractivity contribution < 1.29 is 9.53 Å². The number of carbonyl (C=O) groups is 1. The summed E-state index contributed by atoms with van der Waals surface area (Å²) in [5.74, 6) is -0.354. The third-order valence-electron chi connectivity index (χ3n) is 1.82. The molecule has 0 saturated heterocycles. The van der Waals surface area contributed by atoms with Gasteiger partial charge >= 0.3 is 5.97 Å². The van der Waals surface area contributed by atoms with Crippen molar-refractivity contribution >= 4 is 11.6 Å². The first kappa shape index (κ1) is 7.79. The molecule has 0 aromatic carbocycles. The van der Waals surface area contributed by atoms with Crippen LogP contribution in [0, 0.1) is 0 Å². The number of ether oxygens (including phenoxy) is 1. The molecule has 0 amide bonds. The number of nitrogens with zero attached hydrogens (tertiary/aromatic N) is 2. The minimum absolute atomic E-state index is 0.354. The molecular formula is C9H8N2O2. The van der Waals surface area contributed by atoms with Gasteiger partial charge in [-0.05, 0) is 18.2 Å². The molecule has 4 nitrogen and oxygen atoms in total. The Labute approximate surface area is 74.8 Å². The standard InChI is InChI=1S/C9H8N2O2/c1-13-9(12)7-3-4-8-10-5-2-6-11(7)8/h2-6H,1H3. The Morgan fingerprint density at radius 2 is 2.38 bits per heavy atom. The summed E-state index contributed by atoms with van der Waals surface area (Å²) in [5.41, 5.74) is 1.23. The summed E-state index contributed by atoms with van der Waals surface area (Å²) in [6.07, 6.45) is 3.45. The fourth-order valence-electron chi connectivity index (χ4n) is 1.21. The Balaban J connectivity index is 2.64. The minimum atomic E-state index is -0.354. The number of hydrogen-bond acceptors (Lipinski definition) is 3. The van der Waals surface area contributed by atoms with Crippen molar-refractivity contribution in [3.8, 4) is 0 Å². The van der Waals surface area contributed by atoms with Crippen molar-refractivity contribution in [1.82, 2.24) is 9.38 Å². The number of methoxy groups -OCH3 is 1. The largest absolute Gasteiger partial charge is 0.464 e. The number of rotatable bonds is 1. The first-order chi connectivity index (χ1) is 6.33. The van der Waals surface area contributed by atoms with E-state index in [0.29, 0.717) is 5.69 Å². The van der Waals surface area contributed by atoms with Crippen molar-refractivity contribution in [2.45, 2.75) is 0 Å². The molecule has 0 unspecified atom stereocenters. The highest BCUT2D eigenvalue weighted by atomic mass is 16.5. The molecule has 0 atom stereocenters. The number of hydrogen-bond donors (Lipinski definition) is 0. The van der Waals surface area contributed by atoms with Crippen LogP contribution in [0.15, 0.2) is 30.6 Å². The summed E-state index contributed by atoms with van der Waals surface area (Å²) >= 11 is 0. The summed E-state index contributed by atoms with van der Waals surface area (Å²) in [5, 5.41) is 0. The van der Waals surface area contributed by atoms with Gasteiger partial charge in [0.15, 0.2) is 0 Å². The topological polar surface area (TPSA) is 43.6 Å².